The molecule has 1 atom stereocenters. The standard InChI is InChI=1S/C21H22N2O2S/c24-19-8-5-15(13-20(19)25)9-10-22-11-12-23(21(22)26)18-7-6-16-3-1-2-4-17(16)14-18/h1-5,8,11-13,18,24-25H,6-7,9-10,14H2. The number of phenolic OH excluding ortho intramolecular Hbond substituents is 2. The maximum atomic E-state index is 9.62. The van der Waals surface area contributed by atoms with Crippen LogP contribution < -0.4 is 0 Å². The third kappa shape index (κ3) is 3.27. The van der Waals surface area contributed by atoms with Gasteiger partial charge in [-0.3, -0.25) is 0 Å². The van der Waals surface area contributed by atoms with E-state index >= 15 is 0 Å². The summed E-state index contributed by atoms with van der Waals surface area (Å²) in [4.78, 5) is 0. The lowest BCUT2D eigenvalue weighted by Crippen LogP contribution is -2.18. The molecule has 0 radical (unpaired) electrons. The van der Waals surface area contributed by atoms with Crippen molar-refractivity contribution in [2.24, 2.45) is 0 Å². The van der Waals surface area contributed by atoms with Crippen molar-refractivity contribution >= 4 is 12.2 Å². The number of hydrogen-bond donors (Lipinski definition) is 2. The molecular weight excluding hydrogens is 344 g/mol. The largest absolute Gasteiger partial charge is 0.504 e. The van der Waals surface area contributed by atoms with Gasteiger partial charge in [-0.15, -0.1) is 0 Å². The van der Waals surface area contributed by atoms with Gasteiger partial charge in [-0.1, -0.05) is 30.3 Å². The van der Waals surface area contributed by atoms with Gasteiger partial charge in [0.25, 0.3) is 0 Å². The number of benzene rings is 2. The van der Waals surface area contributed by atoms with E-state index in [4.69, 9.17) is 12.2 Å². The van der Waals surface area contributed by atoms with Crippen LogP contribution in [-0.4, -0.2) is 19.3 Å². The minimum absolute atomic E-state index is 0.0791. The highest BCUT2D eigenvalue weighted by atomic mass is 32.1. The first kappa shape index (κ1) is 16.9. The molecule has 134 valence electrons. The molecule has 2 N–H and O–H groups in total. The number of phenols is 2. The minimum atomic E-state index is -0.0888. The molecule has 0 bridgehead atoms. The van der Waals surface area contributed by atoms with Crippen molar-refractivity contribution in [2.45, 2.75) is 38.3 Å². The Kier molecular flexibility index (Phi) is 4.55. The van der Waals surface area contributed by atoms with Crippen LogP contribution in [0.15, 0.2) is 54.9 Å². The summed E-state index contributed by atoms with van der Waals surface area (Å²) in [6.45, 7) is 0.749. The molecule has 0 spiro atoms. The predicted octanol–water partition coefficient (Wildman–Crippen LogP) is 4.40. The fourth-order valence-corrected chi connectivity index (χ4v) is 4.13. The van der Waals surface area contributed by atoms with Crippen LogP contribution in [0.1, 0.15) is 29.2 Å². The van der Waals surface area contributed by atoms with Crippen molar-refractivity contribution in [3.63, 3.8) is 0 Å². The molecule has 2 aromatic carbocycles. The van der Waals surface area contributed by atoms with E-state index in [2.05, 4.69) is 39.6 Å². The van der Waals surface area contributed by atoms with Crippen LogP contribution in [0.4, 0.5) is 0 Å². The van der Waals surface area contributed by atoms with Gasteiger partial charge in [-0.25, -0.2) is 0 Å². The second kappa shape index (κ2) is 7.00. The summed E-state index contributed by atoms with van der Waals surface area (Å²) >= 11 is 5.70. The van der Waals surface area contributed by atoms with Crippen molar-refractivity contribution in [3.8, 4) is 11.5 Å². The zero-order valence-corrected chi connectivity index (χ0v) is 15.3. The average molecular weight is 366 g/mol. The molecule has 1 aliphatic rings. The van der Waals surface area contributed by atoms with E-state index in [0.29, 0.717) is 6.04 Å². The molecule has 1 heterocycles. The molecule has 0 amide bonds. The van der Waals surface area contributed by atoms with Crippen molar-refractivity contribution in [2.75, 3.05) is 0 Å². The fraction of sp³-hybridized carbons (Fsp3) is 0.286. The first-order chi connectivity index (χ1) is 12.6. The lowest BCUT2D eigenvalue weighted by molar-refractivity contribution is 0.403. The number of nitrogens with zero attached hydrogens (tertiary/aromatic N) is 2. The highest BCUT2D eigenvalue weighted by molar-refractivity contribution is 7.71. The Labute approximate surface area is 158 Å². The second-order valence-corrected chi connectivity index (χ2v) is 7.28. The SMILES string of the molecule is Oc1ccc(CCn2ccn(C3CCc4ccccc4C3)c2=S)cc1O. The number of rotatable bonds is 4. The predicted molar refractivity (Wildman–Crippen MR) is 104 cm³/mol. The summed E-state index contributed by atoms with van der Waals surface area (Å²) in [5, 5.41) is 19.0. The number of fused-ring (bicyclic) bond motifs is 1. The third-order valence-corrected chi connectivity index (χ3v) is 5.71. The quantitative estimate of drug-likeness (QED) is 0.531. The molecule has 26 heavy (non-hydrogen) atoms. The molecule has 1 aromatic heterocycles. The Morgan fingerprint density at radius 2 is 1.81 bits per heavy atom. The first-order valence-corrected chi connectivity index (χ1v) is 9.37. The summed E-state index contributed by atoms with van der Waals surface area (Å²) in [6, 6.07) is 14.0. The summed E-state index contributed by atoms with van der Waals surface area (Å²) in [5.41, 5.74) is 3.86. The van der Waals surface area contributed by atoms with E-state index in [0.717, 1.165) is 42.6 Å². The van der Waals surface area contributed by atoms with Crippen LogP contribution in [-0.2, 0) is 25.8 Å². The molecule has 0 fully saturated rings. The third-order valence-electron chi connectivity index (χ3n) is 5.27. The van der Waals surface area contributed by atoms with E-state index in [9.17, 15) is 10.2 Å². The number of aromatic hydroxyl groups is 2. The fourth-order valence-electron chi connectivity index (χ4n) is 3.77. The van der Waals surface area contributed by atoms with Crippen LogP contribution in [0, 0.1) is 4.77 Å². The van der Waals surface area contributed by atoms with Gasteiger partial charge in [0, 0.05) is 25.0 Å². The van der Waals surface area contributed by atoms with Gasteiger partial charge in [0.15, 0.2) is 16.3 Å². The molecule has 1 unspecified atom stereocenters. The van der Waals surface area contributed by atoms with Gasteiger partial charge in [0.1, 0.15) is 0 Å². The van der Waals surface area contributed by atoms with E-state index in [-0.39, 0.29) is 11.5 Å². The minimum Gasteiger partial charge on any atom is -0.504 e. The second-order valence-electron chi connectivity index (χ2n) is 6.92. The summed E-state index contributed by atoms with van der Waals surface area (Å²) in [5.74, 6) is -0.168. The Bertz CT molecular complexity index is 990. The lowest BCUT2D eigenvalue weighted by Gasteiger charge is -2.25. The van der Waals surface area contributed by atoms with Crippen molar-refractivity contribution < 1.29 is 10.2 Å². The van der Waals surface area contributed by atoms with Crippen LogP contribution in [0.25, 0.3) is 0 Å². The molecule has 0 saturated heterocycles. The Hall–Kier alpha value is -2.53. The van der Waals surface area contributed by atoms with E-state index in [1.807, 2.05) is 12.3 Å². The van der Waals surface area contributed by atoms with Crippen molar-refractivity contribution in [1.29, 1.82) is 0 Å². The zero-order chi connectivity index (χ0) is 18.1. The molecule has 0 aliphatic heterocycles. The van der Waals surface area contributed by atoms with Gasteiger partial charge >= 0.3 is 0 Å². The molecule has 0 saturated carbocycles. The Balaban J connectivity index is 1.48. The smallest absolute Gasteiger partial charge is 0.180 e. The number of aromatic nitrogens is 2. The Morgan fingerprint density at radius 1 is 1.00 bits per heavy atom. The van der Waals surface area contributed by atoms with Crippen molar-refractivity contribution in [3.05, 3.63) is 76.3 Å². The van der Waals surface area contributed by atoms with Crippen LogP contribution in [0.2, 0.25) is 0 Å². The number of hydrogen-bond acceptors (Lipinski definition) is 3. The van der Waals surface area contributed by atoms with E-state index < -0.39 is 0 Å². The van der Waals surface area contributed by atoms with Crippen LogP contribution >= 0.6 is 12.2 Å². The van der Waals surface area contributed by atoms with Crippen LogP contribution in [0.5, 0.6) is 11.5 Å². The molecule has 3 aromatic rings. The molecule has 5 heteroatoms. The van der Waals surface area contributed by atoms with Gasteiger partial charge in [0.2, 0.25) is 0 Å². The normalized spacial score (nSPS) is 16.4. The van der Waals surface area contributed by atoms with Gasteiger partial charge in [0.05, 0.1) is 0 Å². The average Bonchev–Trinajstić information content (AvgIpc) is 3.03. The maximum absolute atomic E-state index is 9.62. The zero-order valence-electron chi connectivity index (χ0n) is 14.5. The summed E-state index contributed by atoms with van der Waals surface area (Å²) in [6.07, 6.45) is 8.13. The highest BCUT2D eigenvalue weighted by Crippen LogP contribution is 2.29. The van der Waals surface area contributed by atoms with E-state index in [1.165, 1.54) is 17.2 Å². The maximum Gasteiger partial charge on any atom is 0.180 e. The van der Waals surface area contributed by atoms with Gasteiger partial charge in [-0.05, 0) is 66.7 Å². The van der Waals surface area contributed by atoms with Gasteiger partial charge in [-0.2, -0.15) is 0 Å². The number of aryl methyl sites for hydroxylation is 3. The highest BCUT2D eigenvalue weighted by Gasteiger charge is 2.20. The Morgan fingerprint density at radius 3 is 2.62 bits per heavy atom. The van der Waals surface area contributed by atoms with E-state index in [1.54, 1.807) is 6.07 Å². The lowest BCUT2D eigenvalue weighted by atomic mass is 9.88. The van der Waals surface area contributed by atoms with Crippen LogP contribution in [0.3, 0.4) is 0 Å². The van der Waals surface area contributed by atoms with Gasteiger partial charge < -0.3 is 19.3 Å². The molecule has 4 rings (SSSR count). The number of imidazole rings is 1. The first-order valence-electron chi connectivity index (χ1n) is 8.97. The topological polar surface area (TPSA) is 50.3 Å². The molecule has 1 aliphatic carbocycles. The van der Waals surface area contributed by atoms with Crippen molar-refractivity contribution in [1.82, 2.24) is 9.13 Å². The monoisotopic (exact) mass is 366 g/mol. The summed E-state index contributed by atoms with van der Waals surface area (Å²) < 4.78 is 5.15. The molecular formula is C21H22N2O2S. The molecule has 4 nitrogen and oxygen atoms in total. The summed E-state index contributed by atoms with van der Waals surface area (Å²) in [7, 11) is 0.